The number of rotatable bonds is 1. The second-order valence-corrected chi connectivity index (χ2v) is 3.98. The zero-order chi connectivity index (χ0) is 8.55. The molecule has 0 spiro atoms. The summed E-state index contributed by atoms with van der Waals surface area (Å²) in [5.41, 5.74) is 1.44. The molecule has 2 aromatic rings. The molecule has 0 aliphatic rings. The number of fused-ring (bicyclic) bond motifs is 1. The van der Waals surface area contributed by atoms with Crippen LogP contribution in [0.15, 0.2) is 23.6 Å². The van der Waals surface area contributed by atoms with Gasteiger partial charge in [-0.15, -0.1) is 11.3 Å². The Kier molecular flexibility index (Phi) is 1.89. The van der Waals surface area contributed by atoms with Gasteiger partial charge >= 0.3 is 0 Å². The van der Waals surface area contributed by atoms with Crippen LogP contribution in [0.4, 0.5) is 0 Å². The lowest BCUT2D eigenvalue weighted by atomic mass is 9.99. The zero-order valence-electron chi connectivity index (χ0n) is 7.29. The van der Waals surface area contributed by atoms with E-state index in [9.17, 15) is 0 Å². The molecule has 0 saturated carbocycles. The fraction of sp³-hybridized carbons (Fsp3) is 0.273. The summed E-state index contributed by atoms with van der Waals surface area (Å²) in [6.45, 7) is 4.46. The van der Waals surface area contributed by atoms with Crippen LogP contribution >= 0.6 is 11.3 Å². The van der Waals surface area contributed by atoms with Gasteiger partial charge in [0.2, 0.25) is 0 Å². The zero-order valence-corrected chi connectivity index (χ0v) is 8.11. The highest BCUT2D eigenvalue weighted by molar-refractivity contribution is 7.08. The van der Waals surface area contributed by atoms with Gasteiger partial charge in [-0.1, -0.05) is 32.0 Å². The topological polar surface area (TPSA) is 0 Å². The molecule has 0 aliphatic heterocycles. The number of benzene rings is 1. The second-order valence-electron chi connectivity index (χ2n) is 3.30. The molecule has 12 heavy (non-hydrogen) atoms. The molecule has 2 rings (SSSR count). The van der Waals surface area contributed by atoms with Gasteiger partial charge in [0, 0.05) is 5.39 Å². The standard InChI is InChI=1S/C11H11S/c1-8(2)10-5-3-4-9-6-12-7-11(9)10/h3-5,7-8H,1-2H3. The molecule has 0 bridgehead atoms. The Morgan fingerprint density at radius 2 is 2.17 bits per heavy atom. The largest absolute Gasteiger partial charge is 0.142 e. The van der Waals surface area contributed by atoms with Crippen LogP contribution in [0.25, 0.3) is 10.8 Å². The van der Waals surface area contributed by atoms with Gasteiger partial charge in [0.05, 0.1) is 5.38 Å². The Balaban J connectivity index is 2.73. The summed E-state index contributed by atoms with van der Waals surface area (Å²) in [6, 6.07) is 6.44. The number of thiophene rings is 1. The highest BCUT2D eigenvalue weighted by Gasteiger charge is 2.04. The van der Waals surface area contributed by atoms with Crippen LogP contribution in [-0.2, 0) is 0 Å². The smallest absolute Gasteiger partial charge is 0.0527 e. The molecule has 1 heteroatoms. The van der Waals surface area contributed by atoms with Crippen LogP contribution in [0, 0.1) is 5.38 Å². The highest BCUT2D eigenvalue weighted by Crippen LogP contribution is 2.27. The van der Waals surface area contributed by atoms with Crippen LogP contribution in [0.1, 0.15) is 25.3 Å². The van der Waals surface area contributed by atoms with E-state index in [-0.39, 0.29) is 0 Å². The first-order valence-electron chi connectivity index (χ1n) is 4.17. The number of hydrogen-bond donors (Lipinski definition) is 0. The van der Waals surface area contributed by atoms with Crippen molar-refractivity contribution in [1.82, 2.24) is 0 Å². The van der Waals surface area contributed by atoms with Gasteiger partial charge < -0.3 is 0 Å². The summed E-state index contributed by atoms with van der Waals surface area (Å²) in [5, 5.41) is 8.07. The Morgan fingerprint density at radius 3 is 2.92 bits per heavy atom. The van der Waals surface area contributed by atoms with E-state index < -0.39 is 0 Å². The molecule has 61 valence electrons. The van der Waals surface area contributed by atoms with E-state index >= 15 is 0 Å². The lowest BCUT2D eigenvalue weighted by Crippen LogP contribution is -1.86. The van der Waals surface area contributed by atoms with Crippen molar-refractivity contribution >= 4 is 22.1 Å². The summed E-state index contributed by atoms with van der Waals surface area (Å²) in [7, 11) is 0. The average Bonchev–Trinajstić information content (AvgIpc) is 2.49. The first-order chi connectivity index (χ1) is 5.79. The van der Waals surface area contributed by atoms with Gasteiger partial charge in [-0.25, -0.2) is 0 Å². The van der Waals surface area contributed by atoms with Crippen LogP contribution in [0.2, 0.25) is 0 Å². The summed E-state index contributed by atoms with van der Waals surface area (Å²) in [6.07, 6.45) is 0. The molecular weight excluding hydrogens is 164 g/mol. The minimum absolute atomic E-state index is 0.608. The van der Waals surface area contributed by atoms with Crippen LogP contribution in [0.5, 0.6) is 0 Å². The monoisotopic (exact) mass is 175 g/mol. The molecule has 1 aromatic heterocycles. The van der Waals surface area contributed by atoms with Crippen LogP contribution in [-0.4, -0.2) is 0 Å². The molecule has 0 unspecified atom stereocenters. The van der Waals surface area contributed by atoms with Crippen molar-refractivity contribution in [2.75, 3.05) is 0 Å². The Labute approximate surface area is 76.8 Å². The molecule has 1 heterocycles. The van der Waals surface area contributed by atoms with E-state index in [1.54, 1.807) is 11.3 Å². The maximum atomic E-state index is 3.26. The van der Waals surface area contributed by atoms with Crippen molar-refractivity contribution in [3.63, 3.8) is 0 Å². The molecule has 0 N–H and O–H groups in total. The van der Waals surface area contributed by atoms with Crippen LogP contribution < -0.4 is 0 Å². The first-order valence-corrected chi connectivity index (χ1v) is 5.05. The Morgan fingerprint density at radius 1 is 1.33 bits per heavy atom. The number of hydrogen-bond acceptors (Lipinski definition) is 1. The Bertz CT molecular complexity index is 385. The SMILES string of the molecule is CC(C)c1cccc2[c]scc12. The maximum absolute atomic E-state index is 3.26. The third-order valence-electron chi connectivity index (χ3n) is 2.11. The van der Waals surface area contributed by atoms with Crippen molar-refractivity contribution in [2.24, 2.45) is 0 Å². The molecule has 0 nitrogen and oxygen atoms in total. The fourth-order valence-corrected chi connectivity index (χ4v) is 2.20. The molecule has 0 amide bonds. The van der Waals surface area contributed by atoms with Crippen molar-refractivity contribution < 1.29 is 0 Å². The van der Waals surface area contributed by atoms with Gasteiger partial charge in [-0.05, 0) is 22.2 Å². The van der Waals surface area contributed by atoms with E-state index in [0.717, 1.165) is 0 Å². The second kappa shape index (κ2) is 2.91. The average molecular weight is 175 g/mol. The van der Waals surface area contributed by atoms with E-state index in [2.05, 4.69) is 42.8 Å². The minimum atomic E-state index is 0.608. The predicted octanol–water partition coefficient (Wildman–Crippen LogP) is 3.82. The molecular formula is C11H11S. The molecule has 0 saturated heterocycles. The van der Waals surface area contributed by atoms with Gasteiger partial charge in [0.1, 0.15) is 0 Å². The molecule has 0 fully saturated rings. The molecule has 0 aliphatic carbocycles. The quantitative estimate of drug-likeness (QED) is 0.618. The third-order valence-corrected chi connectivity index (χ3v) is 2.80. The summed E-state index contributed by atoms with van der Waals surface area (Å²) in [5.74, 6) is 0.608. The van der Waals surface area contributed by atoms with Gasteiger partial charge in [0.15, 0.2) is 0 Å². The fourth-order valence-electron chi connectivity index (χ4n) is 1.46. The van der Waals surface area contributed by atoms with Crippen molar-refractivity contribution in [3.8, 4) is 0 Å². The normalized spacial score (nSPS) is 11.2. The molecule has 0 atom stereocenters. The van der Waals surface area contributed by atoms with Crippen LogP contribution in [0.3, 0.4) is 0 Å². The van der Waals surface area contributed by atoms with E-state index in [1.165, 1.54) is 16.3 Å². The molecule has 1 aromatic carbocycles. The van der Waals surface area contributed by atoms with E-state index in [4.69, 9.17) is 0 Å². The third kappa shape index (κ3) is 1.14. The highest BCUT2D eigenvalue weighted by atomic mass is 32.1. The maximum Gasteiger partial charge on any atom is 0.0527 e. The van der Waals surface area contributed by atoms with Crippen molar-refractivity contribution in [2.45, 2.75) is 19.8 Å². The lowest BCUT2D eigenvalue weighted by Gasteiger charge is -2.05. The minimum Gasteiger partial charge on any atom is -0.142 e. The van der Waals surface area contributed by atoms with Gasteiger partial charge in [-0.2, -0.15) is 0 Å². The van der Waals surface area contributed by atoms with Crippen molar-refractivity contribution in [3.05, 3.63) is 34.5 Å². The first kappa shape index (κ1) is 7.81. The van der Waals surface area contributed by atoms with Gasteiger partial charge in [-0.3, -0.25) is 0 Å². The predicted molar refractivity (Wildman–Crippen MR) is 54.8 cm³/mol. The van der Waals surface area contributed by atoms with Gasteiger partial charge in [0.25, 0.3) is 0 Å². The summed E-state index contributed by atoms with van der Waals surface area (Å²) in [4.78, 5) is 0. The van der Waals surface area contributed by atoms with E-state index in [0.29, 0.717) is 5.92 Å². The lowest BCUT2D eigenvalue weighted by molar-refractivity contribution is 0.877. The van der Waals surface area contributed by atoms with E-state index in [1.807, 2.05) is 0 Å². The summed E-state index contributed by atoms with van der Waals surface area (Å²) < 4.78 is 0. The Hall–Kier alpha value is -0.820. The molecule has 1 radical (unpaired) electrons. The summed E-state index contributed by atoms with van der Waals surface area (Å²) >= 11 is 1.66. The van der Waals surface area contributed by atoms with Crippen molar-refractivity contribution in [1.29, 1.82) is 0 Å².